The smallest absolute Gasteiger partial charge is 0.219 e. The van der Waals surface area contributed by atoms with Gasteiger partial charge in [0.05, 0.1) is 27.4 Å². The Kier molecular flexibility index (Phi) is 11.1. The molecular weight excluding hydrogens is 490 g/mol. The quantitative estimate of drug-likeness (QED) is 0.457. The highest BCUT2D eigenvalue weighted by Gasteiger charge is 2.40. The van der Waals surface area contributed by atoms with Gasteiger partial charge in [0.1, 0.15) is 11.5 Å². The maximum atomic E-state index is 12.0. The molecule has 2 fully saturated rings. The first kappa shape index (κ1) is 29.2. The molecule has 2 aromatic carbocycles. The highest BCUT2D eigenvalue weighted by atomic mass is 35.5. The summed E-state index contributed by atoms with van der Waals surface area (Å²) in [6.45, 7) is 5.04. The van der Waals surface area contributed by atoms with Gasteiger partial charge in [0, 0.05) is 23.9 Å². The zero-order valence-electron chi connectivity index (χ0n) is 22.1. The van der Waals surface area contributed by atoms with Gasteiger partial charge in [-0.05, 0) is 81.0 Å². The molecular formula is C29H42ClN3O4. The van der Waals surface area contributed by atoms with Crippen LogP contribution in [0.3, 0.4) is 0 Å². The Labute approximate surface area is 227 Å². The molecule has 0 radical (unpaired) electrons. The number of carbonyl (C=O) groups is 1. The third-order valence-corrected chi connectivity index (χ3v) is 8.01. The van der Waals surface area contributed by atoms with Crippen molar-refractivity contribution < 1.29 is 19.0 Å². The Bertz CT molecular complexity index is 954. The Hall–Kier alpha value is -2.32. The largest absolute Gasteiger partial charge is 0.497 e. The number of ether oxygens (including phenoxy) is 3. The van der Waals surface area contributed by atoms with Crippen molar-refractivity contribution >= 4 is 18.3 Å². The van der Waals surface area contributed by atoms with Crippen LogP contribution in [0.15, 0.2) is 48.5 Å². The van der Waals surface area contributed by atoms with Crippen molar-refractivity contribution in [1.29, 1.82) is 0 Å². The molecule has 37 heavy (non-hydrogen) atoms. The zero-order valence-corrected chi connectivity index (χ0v) is 22.9. The molecule has 0 aliphatic carbocycles. The topological polar surface area (TPSA) is 86.0 Å². The van der Waals surface area contributed by atoms with Crippen LogP contribution in [-0.4, -0.2) is 63.9 Å². The summed E-state index contributed by atoms with van der Waals surface area (Å²) >= 11 is 0. The van der Waals surface area contributed by atoms with E-state index in [9.17, 15) is 4.79 Å². The van der Waals surface area contributed by atoms with Crippen LogP contribution in [0.5, 0.6) is 11.5 Å². The molecule has 8 heteroatoms. The number of amides is 1. The number of nitrogens with one attached hydrogen (secondary N) is 1. The number of likely N-dealkylation sites (tertiary alicyclic amines) is 1. The highest BCUT2D eigenvalue weighted by Crippen LogP contribution is 2.38. The molecule has 2 saturated heterocycles. The number of methoxy groups -OCH3 is 2. The van der Waals surface area contributed by atoms with Gasteiger partial charge < -0.3 is 25.3 Å². The lowest BCUT2D eigenvalue weighted by Gasteiger charge is -2.47. The van der Waals surface area contributed by atoms with E-state index in [4.69, 9.17) is 19.9 Å². The molecule has 1 amide bonds. The molecule has 2 heterocycles. The van der Waals surface area contributed by atoms with E-state index >= 15 is 0 Å². The van der Waals surface area contributed by atoms with Crippen molar-refractivity contribution in [2.24, 2.45) is 11.7 Å². The van der Waals surface area contributed by atoms with E-state index in [0.717, 1.165) is 68.9 Å². The van der Waals surface area contributed by atoms with Gasteiger partial charge >= 0.3 is 0 Å². The SMILES string of the molecule is COc1cc(COCC2(c3ccccc3)CCN(C(CC(N)=O)C3CCNCC3)CC2)cc(OC)c1.Cl. The van der Waals surface area contributed by atoms with Gasteiger partial charge in [-0.2, -0.15) is 0 Å². The Morgan fingerprint density at radius 2 is 1.68 bits per heavy atom. The fourth-order valence-electron chi connectivity index (χ4n) is 5.93. The first-order valence-electron chi connectivity index (χ1n) is 13.1. The fourth-order valence-corrected chi connectivity index (χ4v) is 5.93. The minimum absolute atomic E-state index is 0. The van der Waals surface area contributed by atoms with E-state index in [0.29, 0.717) is 25.6 Å². The van der Waals surface area contributed by atoms with Crippen molar-refractivity contribution in [1.82, 2.24) is 10.2 Å². The average molecular weight is 532 g/mol. The molecule has 2 aliphatic heterocycles. The fraction of sp³-hybridized carbons (Fsp3) is 0.552. The van der Waals surface area contributed by atoms with Gasteiger partial charge in [-0.25, -0.2) is 0 Å². The molecule has 1 unspecified atom stereocenters. The lowest BCUT2D eigenvalue weighted by atomic mass is 9.72. The molecule has 204 valence electrons. The molecule has 2 aliphatic rings. The van der Waals surface area contributed by atoms with Crippen LogP contribution >= 0.6 is 12.4 Å². The summed E-state index contributed by atoms with van der Waals surface area (Å²) in [5, 5.41) is 3.44. The summed E-state index contributed by atoms with van der Waals surface area (Å²) in [7, 11) is 3.32. The standard InChI is InChI=1S/C29H41N3O4.ClH/c1-34-25-16-22(17-26(18-25)35-2)20-36-21-29(24-6-4-3-5-7-24)10-14-32(15-11-29)27(19-28(30)33)23-8-12-31-13-9-23;/h3-7,16-18,23,27,31H,8-15,19-21H2,1-2H3,(H2,30,33);1H. The molecule has 0 spiro atoms. The number of piperidine rings is 2. The zero-order chi connectivity index (χ0) is 25.4. The van der Waals surface area contributed by atoms with Crippen LogP contribution < -0.4 is 20.5 Å². The van der Waals surface area contributed by atoms with Crippen LogP contribution in [-0.2, 0) is 21.6 Å². The summed E-state index contributed by atoms with van der Waals surface area (Å²) in [5.41, 5.74) is 7.98. The Balaban J connectivity index is 0.00000380. The van der Waals surface area contributed by atoms with Gasteiger partial charge in [0.25, 0.3) is 0 Å². The molecule has 0 saturated carbocycles. The van der Waals surface area contributed by atoms with Crippen LogP contribution in [0.25, 0.3) is 0 Å². The number of hydrogen-bond donors (Lipinski definition) is 2. The lowest BCUT2D eigenvalue weighted by molar-refractivity contribution is -0.120. The van der Waals surface area contributed by atoms with E-state index in [2.05, 4.69) is 40.5 Å². The van der Waals surface area contributed by atoms with Crippen molar-refractivity contribution in [3.8, 4) is 11.5 Å². The molecule has 4 rings (SSSR count). The second kappa shape index (κ2) is 14.0. The van der Waals surface area contributed by atoms with E-state index in [1.165, 1.54) is 5.56 Å². The van der Waals surface area contributed by atoms with Gasteiger partial charge in [-0.3, -0.25) is 9.69 Å². The first-order valence-corrected chi connectivity index (χ1v) is 13.1. The lowest BCUT2D eigenvalue weighted by Crippen LogP contribution is -2.53. The normalized spacial score (nSPS) is 19.0. The van der Waals surface area contributed by atoms with Crippen molar-refractivity contribution in [2.75, 3.05) is 47.0 Å². The molecule has 2 aromatic rings. The number of halogens is 1. The van der Waals surface area contributed by atoms with Gasteiger partial charge in [0.15, 0.2) is 0 Å². The molecule has 7 nitrogen and oxygen atoms in total. The van der Waals surface area contributed by atoms with Crippen LogP contribution in [0.4, 0.5) is 0 Å². The van der Waals surface area contributed by atoms with Crippen LogP contribution in [0.2, 0.25) is 0 Å². The monoisotopic (exact) mass is 531 g/mol. The van der Waals surface area contributed by atoms with E-state index in [-0.39, 0.29) is 29.8 Å². The number of rotatable bonds is 11. The first-order chi connectivity index (χ1) is 17.5. The Morgan fingerprint density at radius 1 is 1.05 bits per heavy atom. The summed E-state index contributed by atoms with van der Waals surface area (Å²) in [6.07, 6.45) is 4.62. The predicted molar refractivity (Wildman–Crippen MR) is 149 cm³/mol. The van der Waals surface area contributed by atoms with Gasteiger partial charge in [-0.15, -0.1) is 12.4 Å². The van der Waals surface area contributed by atoms with Crippen molar-refractivity contribution in [2.45, 2.75) is 50.2 Å². The summed E-state index contributed by atoms with van der Waals surface area (Å²) in [4.78, 5) is 14.5. The van der Waals surface area contributed by atoms with Crippen molar-refractivity contribution in [3.63, 3.8) is 0 Å². The maximum absolute atomic E-state index is 12.0. The molecule has 1 atom stereocenters. The third-order valence-electron chi connectivity index (χ3n) is 8.01. The number of nitrogens with zero attached hydrogens (tertiary/aromatic N) is 1. The van der Waals surface area contributed by atoms with E-state index < -0.39 is 0 Å². The number of carbonyl (C=O) groups excluding carboxylic acids is 1. The predicted octanol–water partition coefficient (Wildman–Crippen LogP) is 3.92. The van der Waals surface area contributed by atoms with E-state index in [1.54, 1.807) is 14.2 Å². The number of hydrogen-bond acceptors (Lipinski definition) is 6. The minimum Gasteiger partial charge on any atom is -0.497 e. The number of benzene rings is 2. The second-order valence-corrected chi connectivity index (χ2v) is 10.2. The average Bonchev–Trinajstić information content (AvgIpc) is 2.93. The number of nitrogens with two attached hydrogens (primary N) is 1. The second-order valence-electron chi connectivity index (χ2n) is 10.2. The van der Waals surface area contributed by atoms with Crippen LogP contribution in [0, 0.1) is 5.92 Å². The Morgan fingerprint density at radius 3 is 2.24 bits per heavy atom. The third kappa shape index (κ3) is 7.60. The summed E-state index contributed by atoms with van der Waals surface area (Å²) in [6, 6.07) is 16.8. The molecule has 3 N–H and O–H groups in total. The van der Waals surface area contributed by atoms with Crippen molar-refractivity contribution in [3.05, 3.63) is 59.7 Å². The molecule has 0 aromatic heterocycles. The maximum Gasteiger partial charge on any atom is 0.219 e. The summed E-state index contributed by atoms with van der Waals surface area (Å²) < 4.78 is 17.2. The van der Waals surface area contributed by atoms with Crippen LogP contribution in [0.1, 0.15) is 43.2 Å². The minimum atomic E-state index is -0.199. The highest BCUT2D eigenvalue weighted by molar-refractivity contribution is 5.85. The van der Waals surface area contributed by atoms with E-state index in [1.807, 2.05) is 18.2 Å². The van der Waals surface area contributed by atoms with Gasteiger partial charge in [0.2, 0.25) is 5.91 Å². The summed E-state index contributed by atoms with van der Waals surface area (Å²) in [5.74, 6) is 1.84. The molecule has 0 bridgehead atoms. The number of primary amides is 1. The van der Waals surface area contributed by atoms with Gasteiger partial charge in [-0.1, -0.05) is 30.3 Å².